The topological polar surface area (TPSA) is 475 Å². The third kappa shape index (κ3) is 10.0. The number of hydrogen-bond acceptors (Lipinski definition) is 30. The van der Waals surface area contributed by atoms with Crippen molar-refractivity contribution in [1.82, 2.24) is 0 Å². The Kier molecular flexibility index (Phi) is 17.6. The fourth-order valence-corrected chi connectivity index (χ4v) is 8.93. The molecule has 22 saturated heterocycles. The lowest BCUT2D eigenvalue weighted by molar-refractivity contribution is -0.404. The SMILES string of the molecule is OC[C@H]1OC2OC3[C@@H](CO)OC(OC4[C@@H](CO)OC(OC5[C@@H](CO)OC(OC6[C@@H](CO)OC(OC7[C@@H](CO)OC(OC1[C@H](O)[C@H]2O)[C@H](O)[C@H]7O)[C@H](O)[C@H]6O)[C@H](O)[C@H]5O)[C@H](O)[C@H]4O)[C@H](O)[C@H]3O. The number of aliphatic hydroxyl groups excluding tert-OH is 18. The minimum atomic E-state index is -2.15. The molecule has 0 aromatic heterocycles. The third-order valence-electron chi connectivity index (χ3n) is 12.7. The maximum absolute atomic E-state index is 11.2. The zero-order valence-corrected chi connectivity index (χ0v) is 34.5. The molecule has 22 aliphatic heterocycles. The molecule has 30 atom stereocenters. The molecule has 22 heterocycles. The monoisotopic (exact) mass is 972 g/mol. The van der Waals surface area contributed by atoms with E-state index in [-0.39, 0.29) is 0 Å². The summed E-state index contributed by atoms with van der Waals surface area (Å²) in [5.41, 5.74) is 0. The van der Waals surface area contributed by atoms with Crippen molar-refractivity contribution < 1.29 is 149 Å². The summed E-state index contributed by atoms with van der Waals surface area (Å²) in [7, 11) is 0. The third-order valence-corrected chi connectivity index (χ3v) is 12.7. The smallest absolute Gasteiger partial charge is 0.187 e. The molecule has 22 fully saturated rings. The van der Waals surface area contributed by atoms with Gasteiger partial charge in [0.05, 0.1) is 39.6 Å². The van der Waals surface area contributed by atoms with Gasteiger partial charge in [0, 0.05) is 0 Å². The predicted octanol–water partition coefficient (Wildman–Crippen LogP) is -13.1. The summed E-state index contributed by atoms with van der Waals surface area (Å²) in [6.45, 7) is -5.99. The lowest BCUT2D eigenvalue weighted by Gasteiger charge is -2.50. The first-order chi connectivity index (χ1) is 31.4. The Morgan fingerprint density at radius 2 is 0.303 bits per heavy atom. The average molecular weight is 973 g/mol. The molecule has 0 aliphatic carbocycles. The Morgan fingerprint density at radius 1 is 0.182 bits per heavy atom. The Hall–Kier alpha value is -1.20. The Bertz CT molecular complexity index is 1230. The number of ether oxygens (including phenoxy) is 12. The minimum Gasteiger partial charge on any atom is -0.394 e. The van der Waals surface area contributed by atoms with Crippen LogP contribution >= 0.6 is 0 Å². The normalized spacial score (nSPS) is 55.4. The van der Waals surface area contributed by atoms with E-state index in [1.165, 1.54) is 0 Å². The minimum absolute atomic E-state index is 0.999. The molecule has 22 rings (SSSR count). The lowest BCUT2D eigenvalue weighted by Crippen LogP contribution is -2.69. The molecule has 30 nitrogen and oxygen atoms in total. The van der Waals surface area contributed by atoms with E-state index < -0.39 is 224 Å². The second-order valence-corrected chi connectivity index (χ2v) is 16.8. The summed E-state index contributed by atoms with van der Waals surface area (Å²) in [4.78, 5) is 0. The Labute approximate surface area is 372 Å². The molecule has 0 aromatic carbocycles. The van der Waals surface area contributed by atoms with Gasteiger partial charge in [-0.25, -0.2) is 0 Å². The van der Waals surface area contributed by atoms with Gasteiger partial charge in [0.15, 0.2) is 37.7 Å². The van der Waals surface area contributed by atoms with Gasteiger partial charge >= 0.3 is 0 Å². The molecule has 0 spiro atoms. The van der Waals surface area contributed by atoms with Gasteiger partial charge in [-0.2, -0.15) is 0 Å². The van der Waals surface area contributed by atoms with E-state index in [2.05, 4.69) is 0 Å². The van der Waals surface area contributed by atoms with Crippen molar-refractivity contribution in [3.05, 3.63) is 0 Å². The fraction of sp³-hybridized carbons (Fsp3) is 1.00. The van der Waals surface area contributed by atoms with Crippen LogP contribution in [0, 0.1) is 0 Å². The second kappa shape index (κ2) is 22.1. The van der Waals surface area contributed by atoms with Gasteiger partial charge in [-0.1, -0.05) is 0 Å². The molecular formula is C36H60O30. The van der Waals surface area contributed by atoms with Gasteiger partial charge in [-0.15, -0.1) is 0 Å². The van der Waals surface area contributed by atoms with Crippen LogP contribution in [0.3, 0.4) is 0 Å². The summed E-state index contributed by atoms with van der Waals surface area (Å²) in [5.74, 6) is 0. The van der Waals surface area contributed by atoms with E-state index in [9.17, 15) is 91.9 Å². The fourth-order valence-electron chi connectivity index (χ4n) is 8.93. The highest BCUT2D eigenvalue weighted by Crippen LogP contribution is 2.38. The van der Waals surface area contributed by atoms with Gasteiger partial charge in [-0.05, 0) is 0 Å². The lowest BCUT2D eigenvalue weighted by atomic mass is 9.94. The van der Waals surface area contributed by atoms with Crippen molar-refractivity contribution in [3.63, 3.8) is 0 Å². The van der Waals surface area contributed by atoms with Gasteiger partial charge in [0.1, 0.15) is 146 Å². The Morgan fingerprint density at radius 3 is 0.409 bits per heavy atom. The average Bonchev–Trinajstić information content (AvgIpc) is 3.31. The van der Waals surface area contributed by atoms with Crippen LogP contribution in [0.2, 0.25) is 0 Å². The molecule has 0 saturated carbocycles. The maximum atomic E-state index is 11.2. The predicted molar refractivity (Wildman–Crippen MR) is 196 cm³/mol. The van der Waals surface area contributed by atoms with E-state index >= 15 is 0 Å². The van der Waals surface area contributed by atoms with Crippen LogP contribution in [0.15, 0.2) is 0 Å². The molecule has 384 valence electrons. The highest BCUT2D eigenvalue weighted by Gasteiger charge is 2.58. The maximum Gasteiger partial charge on any atom is 0.187 e. The van der Waals surface area contributed by atoms with Crippen LogP contribution in [0.5, 0.6) is 0 Å². The first kappa shape index (κ1) is 52.6. The van der Waals surface area contributed by atoms with Gasteiger partial charge in [-0.3, -0.25) is 0 Å². The van der Waals surface area contributed by atoms with Crippen molar-refractivity contribution in [1.29, 1.82) is 0 Å². The highest BCUT2D eigenvalue weighted by atomic mass is 16.8. The van der Waals surface area contributed by atoms with Gasteiger partial charge in [0.2, 0.25) is 0 Å². The van der Waals surface area contributed by atoms with Crippen molar-refractivity contribution in [2.45, 2.75) is 184 Å². The molecule has 22 aliphatic rings. The van der Waals surface area contributed by atoms with E-state index in [0.29, 0.717) is 0 Å². The van der Waals surface area contributed by atoms with Crippen LogP contribution < -0.4 is 0 Å². The van der Waals surface area contributed by atoms with Crippen molar-refractivity contribution in [2.75, 3.05) is 39.6 Å². The first-order valence-electron chi connectivity index (χ1n) is 21.1. The standard InChI is InChI=1S/C36H60O30/c37-1-7-25-13(43)19(49)31(55-7)62-26-8(2-38)57-33(21(51)15(26)45)64-28-10(4-40)59-35(23(53)17(28)47)66-30-12(6-42)60-36(24(54)18(30)48)65-29-11(5-41)58-34(22(52)16(29)46)63-27-9(3-39)56-32(61-25)20(50)14(27)44/h7-54H,1-6H2/t7-,8-,9-,10-,11-,12-,13-,14-,15-,16-,17-,18-,19-,20-,21-,22-,23-,24-,25?,26?,27?,28?,29?,30?,31?,32?,33?,34?,35?,36?/m1/s1. The quantitative estimate of drug-likeness (QED) is 0.117. The van der Waals surface area contributed by atoms with E-state index in [4.69, 9.17) is 56.8 Å². The van der Waals surface area contributed by atoms with Crippen molar-refractivity contribution in [2.24, 2.45) is 0 Å². The Balaban J connectivity index is 1.19. The summed E-state index contributed by atoms with van der Waals surface area (Å²) < 4.78 is 67.9. The number of hydrogen-bond donors (Lipinski definition) is 18. The molecule has 30 heteroatoms. The molecule has 66 heavy (non-hydrogen) atoms. The molecule has 0 aromatic rings. The first-order valence-corrected chi connectivity index (χ1v) is 21.1. The molecule has 12 bridgehead atoms. The summed E-state index contributed by atoms with van der Waals surface area (Å²) in [6, 6.07) is 0. The zero-order valence-electron chi connectivity index (χ0n) is 34.5. The molecular weight excluding hydrogens is 912 g/mol. The van der Waals surface area contributed by atoms with Gasteiger partial charge < -0.3 is 149 Å². The molecule has 0 amide bonds. The summed E-state index contributed by atoms with van der Waals surface area (Å²) in [5, 5.41) is 196. The second-order valence-electron chi connectivity index (χ2n) is 16.8. The highest BCUT2D eigenvalue weighted by molar-refractivity contribution is 5.01. The number of aliphatic hydroxyl groups is 18. The van der Waals surface area contributed by atoms with Crippen molar-refractivity contribution >= 4 is 0 Å². The van der Waals surface area contributed by atoms with Crippen molar-refractivity contribution in [3.8, 4) is 0 Å². The van der Waals surface area contributed by atoms with Crippen LogP contribution in [0.1, 0.15) is 0 Å². The van der Waals surface area contributed by atoms with Gasteiger partial charge in [0.25, 0.3) is 0 Å². The van der Waals surface area contributed by atoms with E-state index in [1.54, 1.807) is 0 Å². The zero-order chi connectivity index (χ0) is 48.0. The summed E-state index contributed by atoms with van der Waals surface area (Å²) in [6.07, 6.45) is -58.5. The molecule has 0 radical (unpaired) electrons. The van der Waals surface area contributed by atoms with E-state index in [1.807, 2.05) is 0 Å². The van der Waals surface area contributed by atoms with Crippen LogP contribution in [0.25, 0.3) is 0 Å². The van der Waals surface area contributed by atoms with Crippen LogP contribution in [0.4, 0.5) is 0 Å². The molecule has 18 N–H and O–H groups in total. The van der Waals surface area contributed by atoms with Crippen LogP contribution in [-0.2, 0) is 56.8 Å². The van der Waals surface area contributed by atoms with Crippen LogP contribution in [-0.4, -0.2) is 316 Å². The summed E-state index contributed by atoms with van der Waals surface area (Å²) >= 11 is 0. The number of rotatable bonds is 6. The largest absolute Gasteiger partial charge is 0.394 e. The van der Waals surface area contributed by atoms with E-state index in [0.717, 1.165) is 0 Å². The molecule has 12 unspecified atom stereocenters.